The molecule has 0 saturated carbocycles. The largest absolute Gasteiger partial charge is 0.420 e. The third kappa shape index (κ3) is 3.25. The standard InChI is InChI=1S/C20H18F2N2O3/c1-12-2-3-18-17(8-12)24(20(26)27-18)16-4-6-23(7-5-16)19(25)13-9-14(21)11-15(22)10-13/h2-3,8-11,16H,4-7H2,1H3. The van der Waals surface area contributed by atoms with Crippen molar-refractivity contribution in [2.45, 2.75) is 25.8 Å². The van der Waals surface area contributed by atoms with E-state index in [0.29, 0.717) is 31.5 Å². The molecule has 0 atom stereocenters. The van der Waals surface area contributed by atoms with Gasteiger partial charge in [-0.2, -0.15) is 0 Å². The number of amides is 1. The molecule has 0 bridgehead atoms. The summed E-state index contributed by atoms with van der Waals surface area (Å²) in [5.74, 6) is -2.38. The van der Waals surface area contributed by atoms with Gasteiger partial charge in [0, 0.05) is 30.8 Å². The quantitative estimate of drug-likeness (QED) is 0.690. The van der Waals surface area contributed by atoms with Crippen LogP contribution in [0.1, 0.15) is 34.8 Å². The maximum Gasteiger partial charge on any atom is 0.420 e. The summed E-state index contributed by atoms with van der Waals surface area (Å²) in [4.78, 5) is 26.4. The van der Waals surface area contributed by atoms with Crippen molar-refractivity contribution in [2.24, 2.45) is 0 Å². The van der Waals surface area contributed by atoms with Crippen LogP contribution in [0.2, 0.25) is 0 Å². The molecule has 0 unspecified atom stereocenters. The summed E-state index contributed by atoms with van der Waals surface area (Å²) < 4.78 is 33.7. The molecule has 7 heteroatoms. The summed E-state index contributed by atoms with van der Waals surface area (Å²) in [6.07, 6.45) is 1.12. The minimum Gasteiger partial charge on any atom is -0.408 e. The van der Waals surface area contributed by atoms with Crippen molar-refractivity contribution in [1.29, 1.82) is 0 Å². The van der Waals surface area contributed by atoms with E-state index in [4.69, 9.17) is 4.42 Å². The highest BCUT2D eigenvalue weighted by molar-refractivity contribution is 5.94. The van der Waals surface area contributed by atoms with Gasteiger partial charge in [0.1, 0.15) is 11.6 Å². The zero-order valence-electron chi connectivity index (χ0n) is 14.7. The number of rotatable bonds is 2. The number of aryl methyl sites for hydroxylation is 1. The number of fused-ring (bicyclic) bond motifs is 1. The number of hydrogen-bond acceptors (Lipinski definition) is 3. The number of piperidine rings is 1. The van der Waals surface area contributed by atoms with Crippen LogP contribution in [0.15, 0.2) is 45.6 Å². The predicted octanol–water partition coefficient (Wildman–Crippen LogP) is 3.66. The van der Waals surface area contributed by atoms with E-state index < -0.39 is 23.3 Å². The van der Waals surface area contributed by atoms with Gasteiger partial charge < -0.3 is 9.32 Å². The third-order valence-electron chi connectivity index (χ3n) is 4.99. The first-order valence-corrected chi connectivity index (χ1v) is 8.79. The zero-order valence-corrected chi connectivity index (χ0v) is 14.7. The molecule has 1 aliphatic rings. The average Bonchev–Trinajstić information content (AvgIpc) is 2.95. The smallest absolute Gasteiger partial charge is 0.408 e. The Balaban J connectivity index is 1.54. The predicted molar refractivity (Wildman–Crippen MR) is 95.7 cm³/mol. The summed E-state index contributed by atoms with van der Waals surface area (Å²) >= 11 is 0. The zero-order chi connectivity index (χ0) is 19.1. The third-order valence-corrected chi connectivity index (χ3v) is 4.99. The number of nitrogens with zero attached hydrogens (tertiary/aromatic N) is 2. The number of oxazole rings is 1. The molecule has 27 heavy (non-hydrogen) atoms. The van der Waals surface area contributed by atoms with Crippen molar-refractivity contribution in [1.82, 2.24) is 9.47 Å². The van der Waals surface area contributed by atoms with Crippen molar-refractivity contribution in [3.05, 3.63) is 69.7 Å². The van der Waals surface area contributed by atoms with Gasteiger partial charge in [-0.25, -0.2) is 13.6 Å². The lowest BCUT2D eigenvalue weighted by Crippen LogP contribution is -2.40. The number of aromatic nitrogens is 1. The van der Waals surface area contributed by atoms with Crippen LogP contribution in [0, 0.1) is 18.6 Å². The Morgan fingerprint density at radius 3 is 2.41 bits per heavy atom. The van der Waals surface area contributed by atoms with Crippen molar-refractivity contribution in [3.8, 4) is 0 Å². The monoisotopic (exact) mass is 372 g/mol. The van der Waals surface area contributed by atoms with Gasteiger partial charge in [-0.15, -0.1) is 0 Å². The maximum absolute atomic E-state index is 13.4. The van der Waals surface area contributed by atoms with Gasteiger partial charge in [-0.1, -0.05) is 6.07 Å². The Kier molecular flexibility index (Phi) is 4.30. The molecule has 0 spiro atoms. The number of hydrogen-bond donors (Lipinski definition) is 0. The van der Waals surface area contributed by atoms with E-state index in [0.717, 1.165) is 29.3 Å². The first-order valence-electron chi connectivity index (χ1n) is 8.79. The Bertz CT molecular complexity index is 1060. The van der Waals surface area contributed by atoms with Crippen LogP contribution in [0.5, 0.6) is 0 Å². The normalized spacial score (nSPS) is 15.4. The molecule has 0 radical (unpaired) electrons. The second-order valence-electron chi connectivity index (χ2n) is 6.89. The SMILES string of the molecule is Cc1ccc2oc(=O)n(C3CCN(C(=O)c4cc(F)cc(F)c4)CC3)c2c1. The molecule has 1 aliphatic heterocycles. The van der Waals surface area contributed by atoms with E-state index in [9.17, 15) is 18.4 Å². The minimum absolute atomic E-state index is 0.00694. The molecular formula is C20H18F2N2O3. The van der Waals surface area contributed by atoms with Gasteiger partial charge in [0.25, 0.3) is 5.91 Å². The first-order chi connectivity index (χ1) is 12.9. The van der Waals surface area contributed by atoms with Crippen LogP contribution >= 0.6 is 0 Å². The average molecular weight is 372 g/mol. The lowest BCUT2D eigenvalue weighted by molar-refractivity contribution is 0.0692. The molecule has 1 aromatic heterocycles. The summed E-state index contributed by atoms with van der Waals surface area (Å²) in [7, 11) is 0. The molecule has 2 heterocycles. The van der Waals surface area contributed by atoms with Crippen molar-refractivity contribution < 1.29 is 18.0 Å². The summed E-state index contributed by atoms with van der Waals surface area (Å²) in [5, 5.41) is 0. The minimum atomic E-state index is -0.778. The van der Waals surface area contributed by atoms with E-state index in [-0.39, 0.29) is 11.6 Å². The molecule has 1 fully saturated rings. The fourth-order valence-corrected chi connectivity index (χ4v) is 3.68. The molecule has 1 amide bonds. The molecule has 140 valence electrons. The molecule has 2 aromatic carbocycles. The van der Waals surface area contributed by atoms with Gasteiger partial charge >= 0.3 is 5.76 Å². The van der Waals surface area contributed by atoms with Crippen molar-refractivity contribution >= 4 is 17.0 Å². The Hall–Kier alpha value is -2.96. The second kappa shape index (κ2) is 6.64. The molecule has 0 aliphatic carbocycles. The van der Waals surface area contributed by atoms with Crippen LogP contribution in [0.25, 0.3) is 11.1 Å². The lowest BCUT2D eigenvalue weighted by Gasteiger charge is -2.32. The summed E-state index contributed by atoms with van der Waals surface area (Å²) in [5.41, 5.74) is 2.31. The topological polar surface area (TPSA) is 55.5 Å². The van der Waals surface area contributed by atoms with E-state index in [2.05, 4.69) is 0 Å². The molecule has 1 saturated heterocycles. The van der Waals surface area contributed by atoms with E-state index in [1.54, 1.807) is 15.5 Å². The van der Waals surface area contributed by atoms with Gasteiger partial charge in [-0.3, -0.25) is 9.36 Å². The number of benzene rings is 2. The van der Waals surface area contributed by atoms with Crippen LogP contribution in [-0.2, 0) is 0 Å². The molecule has 5 nitrogen and oxygen atoms in total. The van der Waals surface area contributed by atoms with E-state index >= 15 is 0 Å². The van der Waals surface area contributed by atoms with Gasteiger partial charge in [0.2, 0.25) is 0 Å². The fourth-order valence-electron chi connectivity index (χ4n) is 3.68. The highest BCUT2D eigenvalue weighted by Gasteiger charge is 2.27. The van der Waals surface area contributed by atoms with Crippen molar-refractivity contribution in [3.63, 3.8) is 0 Å². The Labute approximate surface area is 153 Å². The fraction of sp³-hybridized carbons (Fsp3) is 0.300. The molecule has 0 N–H and O–H groups in total. The maximum atomic E-state index is 13.4. The van der Waals surface area contributed by atoms with Gasteiger partial charge in [0.15, 0.2) is 5.58 Å². The number of likely N-dealkylation sites (tertiary alicyclic amines) is 1. The second-order valence-corrected chi connectivity index (χ2v) is 6.89. The number of halogens is 2. The van der Waals surface area contributed by atoms with Gasteiger partial charge in [-0.05, 0) is 49.6 Å². The van der Waals surface area contributed by atoms with Crippen LogP contribution in [-0.4, -0.2) is 28.5 Å². The Morgan fingerprint density at radius 2 is 1.74 bits per heavy atom. The highest BCUT2D eigenvalue weighted by atomic mass is 19.1. The first kappa shape index (κ1) is 17.5. The number of carbonyl (C=O) groups is 1. The lowest BCUT2D eigenvalue weighted by atomic mass is 10.0. The number of carbonyl (C=O) groups excluding carboxylic acids is 1. The van der Waals surface area contributed by atoms with Crippen LogP contribution < -0.4 is 5.76 Å². The van der Waals surface area contributed by atoms with E-state index in [1.165, 1.54) is 0 Å². The van der Waals surface area contributed by atoms with Crippen LogP contribution in [0.4, 0.5) is 8.78 Å². The van der Waals surface area contributed by atoms with Crippen LogP contribution in [0.3, 0.4) is 0 Å². The Morgan fingerprint density at radius 1 is 1.07 bits per heavy atom. The highest BCUT2D eigenvalue weighted by Crippen LogP contribution is 2.27. The summed E-state index contributed by atoms with van der Waals surface area (Å²) in [6.45, 7) is 2.74. The van der Waals surface area contributed by atoms with E-state index in [1.807, 2.05) is 19.1 Å². The molecule has 4 rings (SSSR count). The van der Waals surface area contributed by atoms with Crippen molar-refractivity contribution in [2.75, 3.05) is 13.1 Å². The molecular weight excluding hydrogens is 354 g/mol. The molecule has 3 aromatic rings. The summed E-state index contributed by atoms with van der Waals surface area (Å²) in [6, 6.07) is 8.29. The van der Waals surface area contributed by atoms with Gasteiger partial charge in [0.05, 0.1) is 5.52 Å².